The van der Waals surface area contributed by atoms with E-state index in [1.807, 2.05) is 37.3 Å². The van der Waals surface area contributed by atoms with Crippen molar-refractivity contribution in [1.29, 1.82) is 0 Å². The molecule has 0 heterocycles. The lowest BCUT2D eigenvalue weighted by atomic mass is 9.88. The molecule has 0 aromatic heterocycles. The highest BCUT2D eigenvalue weighted by atomic mass is 16.1. The minimum Gasteiger partial charge on any atom is -0.326 e. The number of amides is 1. The fourth-order valence-electron chi connectivity index (χ4n) is 2.38. The Morgan fingerprint density at radius 2 is 1.62 bits per heavy atom. The molecule has 0 bridgehead atoms. The molecule has 1 N–H and O–H groups in total. The lowest BCUT2D eigenvalue weighted by Gasteiger charge is -2.14. The molecule has 0 saturated heterocycles. The van der Waals surface area contributed by atoms with Gasteiger partial charge in [0, 0.05) is 24.1 Å². The van der Waals surface area contributed by atoms with E-state index >= 15 is 0 Å². The normalized spacial score (nSPS) is 11.7. The van der Waals surface area contributed by atoms with Gasteiger partial charge >= 0.3 is 0 Å². The molecule has 3 heteroatoms. The van der Waals surface area contributed by atoms with E-state index < -0.39 is 0 Å². The number of anilines is 1. The second-order valence-electron chi connectivity index (χ2n) is 4.99. The van der Waals surface area contributed by atoms with Crippen molar-refractivity contribution in [3.63, 3.8) is 0 Å². The molecular formula is C18H19NO2. The SMILES string of the molecule is CCC(C(=O)c1ccc(NC(C)=O)cc1)c1ccccc1. The lowest BCUT2D eigenvalue weighted by Crippen LogP contribution is -2.12. The zero-order valence-electron chi connectivity index (χ0n) is 12.3. The standard InChI is InChI=1S/C18H19NO2/c1-3-17(14-7-5-4-6-8-14)18(21)15-9-11-16(12-10-15)19-13(2)20/h4-12,17H,3H2,1-2H3,(H,19,20). The molecule has 1 atom stereocenters. The third kappa shape index (κ3) is 3.78. The average molecular weight is 281 g/mol. The zero-order valence-corrected chi connectivity index (χ0v) is 12.3. The molecule has 0 aliphatic carbocycles. The first-order chi connectivity index (χ1) is 10.1. The third-order valence-electron chi connectivity index (χ3n) is 3.42. The summed E-state index contributed by atoms with van der Waals surface area (Å²) in [6.07, 6.45) is 0.760. The van der Waals surface area contributed by atoms with Gasteiger partial charge in [-0.15, -0.1) is 0 Å². The molecule has 3 nitrogen and oxygen atoms in total. The lowest BCUT2D eigenvalue weighted by molar-refractivity contribution is -0.114. The molecule has 0 aliphatic heterocycles. The van der Waals surface area contributed by atoms with E-state index in [-0.39, 0.29) is 17.6 Å². The summed E-state index contributed by atoms with van der Waals surface area (Å²) in [5.74, 6) is -0.138. The van der Waals surface area contributed by atoms with Crippen LogP contribution in [0.15, 0.2) is 54.6 Å². The predicted molar refractivity (Wildman–Crippen MR) is 84.6 cm³/mol. The summed E-state index contributed by atoms with van der Waals surface area (Å²) in [4.78, 5) is 23.6. The molecule has 0 spiro atoms. The van der Waals surface area contributed by atoms with Crippen LogP contribution < -0.4 is 5.32 Å². The van der Waals surface area contributed by atoms with Crippen LogP contribution in [0.1, 0.15) is 42.1 Å². The summed E-state index contributed by atoms with van der Waals surface area (Å²) in [6, 6.07) is 16.9. The highest BCUT2D eigenvalue weighted by Gasteiger charge is 2.19. The van der Waals surface area contributed by atoms with E-state index in [4.69, 9.17) is 0 Å². The molecule has 21 heavy (non-hydrogen) atoms. The monoisotopic (exact) mass is 281 g/mol. The third-order valence-corrected chi connectivity index (χ3v) is 3.42. The fourth-order valence-corrected chi connectivity index (χ4v) is 2.38. The minimum absolute atomic E-state index is 0.109. The number of nitrogens with one attached hydrogen (secondary N) is 1. The number of carbonyl (C=O) groups excluding carboxylic acids is 2. The predicted octanol–water partition coefficient (Wildman–Crippen LogP) is 4.02. The van der Waals surface area contributed by atoms with Gasteiger partial charge in [-0.2, -0.15) is 0 Å². The molecule has 2 aromatic rings. The maximum atomic E-state index is 12.6. The van der Waals surface area contributed by atoms with Crippen LogP contribution in [-0.4, -0.2) is 11.7 Å². The van der Waals surface area contributed by atoms with Crippen LogP contribution in [0, 0.1) is 0 Å². The van der Waals surface area contributed by atoms with Gasteiger partial charge < -0.3 is 5.32 Å². The molecule has 108 valence electrons. The van der Waals surface area contributed by atoms with E-state index in [9.17, 15) is 9.59 Å². The highest BCUT2D eigenvalue weighted by molar-refractivity contribution is 6.01. The number of hydrogen-bond acceptors (Lipinski definition) is 2. The summed E-state index contributed by atoms with van der Waals surface area (Å²) in [5.41, 5.74) is 2.41. The summed E-state index contributed by atoms with van der Waals surface area (Å²) in [5, 5.41) is 2.70. The Morgan fingerprint density at radius 3 is 2.14 bits per heavy atom. The van der Waals surface area contributed by atoms with Crippen molar-refractivity contribution in [2.24, 2.45) is 0 Å². The first kappa shape index (κ1) is 15.0. The second kappa shape index (κ2) is 6.84. The summed E-state index contributed by atoms with van der Waals surface area (Å²) in [7, 11) is 0. The van der Waals surface area contributed by atoms with Crippen LogP contribution in [0.3, 0.4) is 0 Å². The summed E-state index contributed by atoms with van der Waals surface area (Å²) >= 11 is 0. The second-order valence-corrected chi connectivity index (χ2v) is 4.99. The Morgan fingerprint density at radius 1 is 1.00 bits per heavy atom. The average Bonchev–Trinajstić information content (AvgIpc) is 2.49. The first-order valence-electron chi connectivity index (χ1n) is 7.08. The van der Waals surface area contributed by atoms with Gasteiger partial charge in [0.1, 0.15) is 0 Å². The van der Waals surface area contributed by atoms with Crippen molar-refractivity contribution in [2.75, 3.05) is 5.32 Å². The number of rotatable bonds is 5. The van der Waals surface area contributed by atoms with Crippen molar-refractivity contribution in [3.05, 3.63) is 65.7 Å². The van der Waals surface area contributed by atoms with Crippen molar-refractivity contribution in [2.45, 2.75) is 26.2 Å². The van der Waals surface area contributed by atoms with Gasteiger partial charge in [0.05, 0.1) is 0 Å². The number of carbonyl (C=O) groups is 2. The van der Waals surface area contributed by atoms with Crippen LogP contribution in [0.2, 0.25) is 0 Å². The molecule has 0 aliphatic rings. The molecule has 2 aromatic carbocycles. The van der Waals surface area contributed by atoms with Crippen LogP contribution in [0.4, 0.5) is 5.69 Å². The van der Waals surface area contributed by atoms with Gasteiger partial charge in [0.15, 0.2) is 5.78 Å². The van der Waals surface area contributed by atoms with Crippen LogP contribution in [0.25, 0.3) is 0 Å². The summed E-state index contributed by atoms with van der Waals surface area (Å²) < 4.78 is 0. The largest absolute Gasteiger partial charge is 0.326 e. The van der Waals surface area contributed by atoms with Crippen molar-refractivity contribution < 1.29 is 9.59 Å². The molecule has 2 rings (SSSR count). The van der Waals surface area contributed by atoms with E-state index in [0.29, 0.717) is 11.3 Å². The smallest absolute Gasteiger partial charge is 0.221 e. The van der Waals surface area contributed by atoms with Crippen molar-refractivity contribution >= 4 is 17.4 Å². The first-order valence-corrected chi connectivity index (χ1v) is 7.08. The van der Waals surface area contributed by atoms with Gasteiger partial charge in [-0.05, 0) is 36.2 Å². The molecule has 0 saturated carbocycles. The fraction of sp³-hybridized carbons (Fsp3) is 0.222. The van der Waals surface area contributed by atoms with Crippen LogP contribution >= 0.6 is 0 Å². The molecule has 0 fully saturated rings. The van der Waals surface area contributed by atoms with Crippen LogP contribution in [-0.2, 0) is 4.79 Å². The van der Waals surface area contributed by atoms with Crippen LogP contribution in [0.5, 0.6) is 0 Å². The maximum Gasteiger partial charge on any atom is 0.221 e. The molecule has 1 amide bonds. The Kier molecular flexibility index (Phi) is 4.88. The molecule has 0 radical (unpaired) electrons. The zero-order chi connectivity index (χ0) is 15.2. The van der Waals surface area contributed by atoms with Crippen molar-refractivity contribution in [1.82, 2.24) is 0 Å². The van der Waals surface area contributed by atoms with E-state index in [1.165, 1.54) is 6.92 Å². The van der Waals surface area contributed by atoms with Gasteiger partial charge in [-0.1, -0.05) is 37.3 Å². The minimum atomic E-state index is -0.127. The number of hydrogen-bond donors (Lipinski definition) is 1. The Bertz CT molecular complexity index is 617. The highest BCUT2D eigenvalue weighted by Crippen LogP contribution is 2.24. The van der Waals surface area contributed by atoms with Gasteiger partial charge in [0.25, 0.3) is 0 Å². The Balaban J connectivity index is 2.20. The van der Waals surface area contributed by atoms with E-state index in [0.717, 1.165) is 12.0 Å². The number of Topliss-reactive ketones (excluding diaryl/α,β-unsaturated/α-hetero) is 1. The number of benzene rings is 2. The molecule has 1 unspecified atom stereocenters. The van der Waals surface area contributed by atoms with Gasteiger partial charge in [-0.25, -0.2) is 0 Å². The van der Waals surface area contributed by atoms with Crippen molar-refractivity contribution in [3.8, 4) is 0 Å². The topological polar surface area (TPSA) is 46.2 Å². The Hall–Kier alpha value is -2.42. The van der Waals surface area contributed by atoms with Gasteiger partial charge in [-0.3, -0.25) is 9.59 Å². The quantitative estimate of drug-likeness (QED) is 0.841. The Labute approximate surface area is 125 Å². The maximum absolute atomic E-state index is 12.6. The molecular weight excluding hydrogens is 262 g/mol. The number of ketones is 1. The van der Waals surface area contributed by atoms with Gasteiger partial charge in [0.2, 0.25) is 5.91 Å². The van der Waals surface area contributed by atoms with E-state index in [1.54, 1.807) is 24.3 Å². The van der Waals surface area contributed by atoms with E-state index in [2.05, 4.69) is 5.32 Å². The summed E-state index contributed by atoms with van der Waals surface area (Å²) in [6.45, 7) is 3.48.